The minimum Gasteiger partial charge on any atom is -0.490 e. The molecule has 0 atom stereocenters. The van der Waals surface area contributed by atoms with Crippen LogP contribution in [-0.2, 0) is 0 Å². The molecule has 3 heteroatoms. The second-order valence-electron chi connectivity index (χ2n) is 2.46. The van der Waals surface area contributed by atoms with E-state index in [0.717, 1.165) is 29.5 Å². The van der Waals surface area contributed by atoms with Crippen molar-refractivity contribution in [3.05, 3.63) is 18.2 Å². The Kier molecular flexibility index (Phi) is 1.66. The van der Waals surface area contributed by atoms with E-state index in [4.69, 9.17) is 4.74 Å². The van der Waals surface area contributed by atoms with Crippen molar-refractivity contribution in [1.82, 2.24) is 0 Å². The lowest BCUT2D eigenvalue weighted by atomic mass is 10.2. The highest BCUT2D eigenvalue weighted by molar-refractivity contribution is 7.80. The number of rotatable bonds is 0. The fourth-order valence-corrected chi connectivity index (χ4v) is 1.31. The molecule has 2 nitrogen and oxygen atoms in total. The second-order valence-corrected chi connectivity index (χ2v) is 2.97. The Bertz CT molecular complexity index is 275. The van der Waals surface area contributed by atoms with Gasteiger partial charge in [-0.1, -0.05) is 0 Å². The number of hydrogen-bond acceptors (Lipinski definition) is 3. The number of hydrogen-bond donors (Lipinski definition) is 2. The normalized spacial score (nSPS) is 14.6. The molecule has 0 saturated carbocycles. The summed E-state index contributed by atoms with van der Waals surface area (Å²) in [5.74, 6) is 0.906. The van der Waals surface area contributed by atoms with Crippen LogP contribution in [0.1, 0.15) is 0 Å². The molecule has 1 aromatic rings. The van der Waals surface area contributed by atoms with Crippen LogP contribution in [0.5, 0.6) is 5.75 Å². The molecule has 0 radical (unpaired) electrons. The van der Waals surface area contributed by atoms with E-state index in [2.05, 4.69) is 17.9 Å². The third-order valence-electron chi connectivity index (χ3n) is 1.64. The quantitative estimate of drug-likeness (QED) is 0.575. The van der Waals surface area contributed by atoms with E-state index in [1.807, 2.05) is 18.2 Å². The molecule has 1 aromatic carbocycles. The Balaban J connectivity index is 2.43. The zero-order chi connectivity index (χ0) is 7.68. The number of benzene rings is 1. The summed E-state index contributed by atoms with van der Waals surface area (Å²) in [5.41, 5.74) is 1.06. The Morgan fingerprint density at radius 3 is 3.27 bits per heavy atom. The average molecular weight is 167 g/mol. The largest absolute Gasteiger partial charge is 0.490 e. The zero-order valence-corrected chi connectivity index (χ0v) is 6.90. The van der Waals surface area contributed by atoms with Gasteiger partial charge in [-0.2, -0.15) is 0 Å². The van der Waals surface area contributed by atoms with Gasteiger partial charge >= 0.3 is 0 Å². The van der Waals surface area contributed by atoms with Crippen molar-refractivity contribution in [1.29, 1.82) is 0 Å². The highest BCUT2D eigenvalue weighted by Gasteiger charge is 2.07. The molecule has 0 fully saturated rings. The predicted octanol–water partition coefficient (Wildman–Crippen LogP) is 1.78. The van der Waals surface area contributed by atoms with E-state index in [1.54, 1.807) is 0 Å². The van der Waals surface area contributed by atoms with Gasteiger partial charge in [0.25, 0.3) is 0 Å². The Hall–Kier alpha value is -0.830. The van der Waals surface area contributed by atoms with Gasteiger partial charge in [-0.15, -0.1) is 12.6 Å². The molecule has 2 rings (SSSR count). The van der Waals surface area contributed by atoms with E-state index in [9.17, 15) is 0 Å². The number of fused-ring (bicyclic) bond motifs is 1. The minimum absolute atomic E-state index is 0.740. The van der Waals surface area contributed by atoms with E-state index in [-0.39, 0.29) is 0 Å². The van der Waals surface area contributed by atoms with Crippen molar-refractivity contribution in [2.75, 3.05) is 18.5 Å². The minimum atomic E-state index is 0.740. The van der Waals surface area contributed by atoms with Crippen LogP contribution < -0.4 is 10.1 Å². The second kappa shape index (κ2) is 2.66. The molecule has 0 saturated heterocycles. The molecule has 0 unspecified atom stereocenters. The Morgan fingerprint density at radius 2 is 2.36 bits per heavy atom. The first-order valence-corrected chi connectivity index (χ1v) is 4.01. The lowest BCUT2D eigenvalue weighted by Crippen LogP contribution is -2.17. The maximum absolute atomic E-state index is 5.39. The van der Waals surface area contributed by atoms with Crippen molar-refractivity contribution in [3.8, 4) is 5.75 Å². The topological polar surface area (TPSA) is 21.3 Å². The van der Waals surface area contributed by atoms with Gasteiger partial charge in [-0.25, -0.2) is 0 Å². The van der Waals surface area contributed by atoms with E-state index in [0.29, 0.717) is 0 Å². The van der Waals surface area contributed by atoms with E-state index >= 15 is 0 Å². The smallest absolute Gasteiger partial charge is 0.143 e. The molecular formula is C8H9NOS. The van der Waals surface area contributed by atoms with E-state index < -0.39 is 0 Å². The van der Waals surface area contributed by atoms with Gasteiger partial charge < -0.3 is 10.1 Å². The summed E-state index contributed by atoms with van der Waals surface area (Å²) < 4.78 is 5.39. The van der Waals surface area contributed by atoms with Gasteiger partial charge in [0.15, 0.2) is 0 Å². The van der Waals surface area contributed by atoms with Crippen LogP contribution in [0, 0.1) is 0 Å². The fraction of sp³-hybridized carbons (Fsp3) is 0.250. The molecule has 0 aromatic heterocycles. The summed E-state index contributed by atoms with van der Waals surface area (Å²) in [4.78, 5) is 0.937. The molecular weight excluding hydrogens is 158 g/mol. The van der Waals surface area contributed by atoms with Gasteiger partial charge in [0.05, 0.1) is 5.69 Å². The third-order valence-corrected chi connectivity index (χ3v) is 1.92. The summed E-state index contributed by atoms with van der Waals surface area (Å²) in [6.45, 7) is 1.63. The van der Waals surface area contributed by atoms with Crippen LogP contribution in [0.25, 0.3) is 0 Å². The molecule has 1 heterocycles. The maximum atomic E-state index is 5.39. The third kappa shape index (κ3) is 1.28. The molecule has 0 amide bonds. The molecule has 1 N–H and O–H groups in total. The van der Waals surface area contributed by atoms with Crippen LogP contribution in [-0.4, -0.2) is 13.2 Å². The number of thiol groups is 1. The van der Waals surface area contributed by atoms with E-state index in [1.165, 1.54) is 0 Å². The first-order valence-electron chi connectivity index (χ1n) is 3.56. The van der Waals surface area contributed by atoms with Crippen molar-refractivity contribution in [3.63, 3.8) is 0 Å². The van der Waals surface area contributed by atoms with Crippen LogP contribution in [0.3, 0.4) is 0 Å². The van der Waals surface area contributed by atoms with Gasteiger partial charge in [-0.3, -0.25) is 0 Å². The first kappa shape index (κ1) is 6.85. The summed E-state index contributed by atoms with van der Waals surface area (Å²) in [6.07, 6.45) is 0. The van der Waals surface area contributed by atoms with Gasteiger partial charge in [0, 0.05) is 11.4 Å². The maximum Gasteiger partial charge on any atom is 0.143 e. The van der Waals surface area contributed by atoms with Crippen LogP contribution >= 0.6 is 12.6 Å². The summed E-state index contributed by atoms with van der Waals surface area (Å²) in [7, 11) is 0. The molecule has 0 spiro atoms. The highest BCUT2D eigenvalue weighted by atomic mass is 32.1. The summed E-state index contributed by atoms with van der Waals surface area (Å²) >= 11 is 4.21. The monoisotopic (exact) mass is 167 g/mol. The predicted molar refractivity (Wildman–Crippen MR) is 47.7 cm³/mol. The average Bonchev–Trinajstić information content (AvgIpc) is 2.04. The van der Waals surface area contributed by atoms with Crippen molar-refractivity contribution >= 4 is 18.3 Å². The number of nitrogens with one attached hydrogen (secondary N) is 1. The lowest BCUT2D eigenvalue weighted by Gasteiger charge is -2.18. The number of anilines is 1. The van der Waals surface area contributed by atoms with Crippen molar-refractivity contribution < 1.29 is 4.74 Å². The highest BCUT2D eigenvalue weighted by Crippen LogP contribution is 2.28. The SMILES string of the molecule is Sc1ccc2c(c1)OCCN2. The van der Waals surface area contributed by atoms with Gasteiger partial charge in [0.1, 0.15) is 12.4 Å². The number of ether oxygens (including phenoxy) is 1. The molecule has 1 aliphatic rings. The molecule has 0 aliphatic carbocycles. The van der Waals surface area contributed by atoms with Crippen molar-refractivity contribution in [2.45, 2.75) is 4.90 Å². The van der Waals surface area contributed by atoms with Crippen LogP contribution in [0.15, 0.2) is 23.1 Å². The zero-order valence-electron chi connectivity index (χ0n) is 6.00. The lowest BCUT2D eigenvalue weighted by molar-refractivity contribution is 0.322. The first-order chi connectivity index (χ1) is 5.36. The summed E-state index contributed by atoms with van der Waals surface area (Å²) in [6, 6.07) is 5.85. The van der Waals surface area contributed by atoms with Gasteiger partial charge in [0.2, 0.25) is 0 Å². The molecule has 11 heavy (non-hydrogen) atoms. The standard InChI is InChI=1S/C8H9NOS/c11-6-1-2-7-8(5-6)10-4-3-9-7/h1-2,5,9,11H,3-4H2. The fourth-order valence-electron chi connectivity index (χ4n) is 1.12. The van der Waals surface area contributed by atoms with Crippen LogP contribution in [0.4, 0.5) is 5.69 Å². The molecule has 0 bridgehead atoms. The summed E-state index contributed by atoms with van der Waals surface area (Å²) in [5, 5.41) is 3.23. The van der Waals surface area contributed by atoms with Crippen molar-refractivity contribution in [2.24, 2.45) is 0 Å². The molecule has 1 aliphatic heterocycles. The molecule has 58 valence electrons. The van der Waals surface area contributed by atoms with Crippen LogP contribution in [0.2, 0.25) is 0 Å². The van der Waals surface area contributed by atoms with Gasteiger partial charge in [-0.05, 0) is 18.2 Å². The Labute approximate surface area is 71.0 Å². The Morgan fingerprint density at radius 1 is 1.45 bits per heavy atom.